The Balaban J connectivity index is -0.0000000800. The quantitative estimate of drug-likeness (QED) is 0.221. The first-order chi connectivity index (χ1) is 3.41. The average molecular weight is 202 g/mol. The van der Waals surface area contributed by atoms with Gasteiger partial charge in [-0.05, 0) is 0 Å². The first-order valence-corrected chi connectivity index (χ1v) is 2.93. The summed E-state index contributed by atoms with van der Waals surface area (Å²) in [5.41, 5.74) is 6.64. The number of nitrogens with zero attached hydrogens (tertiary/aromatic N) is 2. The van der Waals surface area contributed by atoms with Gasteiger partial charge in [-0.2, -0.15) is 0 Å². The second-order valence-electron chi connectivity index (χ2n) is 0.460. The molecule has 0 aliphatic rings. The fourth-order valence-electron chi connectivity index (χ4n) is 0. The number of nitroso groups, excluding NO2 is 1. The van der Waals surface area contributed by atoms with Crippen LogP contribution in [-0.2, 0) is 24.5 Å². The van der Waals surface area contributed by atoms with Crippen LogP contribution >= 0.6 is 0 Å². The van der Waals surface area contributed by atoms with Crippen molar-refractivity contribution in [3.8, 4) is 0 Å². The maximum atomic E-state index is 8.58. The molecule has 0 heterocycles. The van der Waals surface area contributed by atoms with Gasteiger partial charge in [0.05, 0.1) is 0 Å². The topological polar surface area (TPSA) is 128 Å². The molecule has 0 bridgehead atoms. The zero-order valence-electron chi connectivity index (χ0n) is 4.31. The van der Waals surface area contributed by atoms with E-state index in [9.17, 15) is 0 Å². The van der Waals surface area contributed by atoms with E-state index in [0.29, 0.717) is 0 Å². The summed E-state index contributed by atoms with van der Waals surface area (Å²) in [6.45, 7) is 0. The molecule has 0 amide bonds. The molecule has 0 N–H and O–H groups in total. The standard InChI is InChI=1S/K.Mn.N2O.4O/c;;1-2-3;;;;/q+1;;;;;;-1. The second-order valence-corrected chi connectivity index (χ2v) is 1.64. The van der Waals surface area contributed by atoms with Crippen molar-refractivity contribution >= 4 is 0 Å². The van der Waals surface area contributed by atoms with Gasteiger partial charge in [0.1, 0.15) is 4.97 Å². The molecule has 0 aromatic rings. The van der Waals surface area contributed by atoms with E-state index >= 15 is 0 Å². The van der Waals surface area contributed by atoms with Gasteiger partial charge in [0, 0.05) is 0 Å². The van der Waals surface area contributed by atoms with Crippen molar-refractivity contribution in [2.24, 2.45) is 0 Å². The van der Waals surface area contributed by atoms with Crippen LogP contribution in [0.15, 0.2) is 0 Å². The Morgan fingerprint density at radius 3 is 1.33 bits per heavy atom. The van der Waals surface area contributed by atoms with Crippen LogP contribution in [0.1, 0.15) is 0 Å². The second kappa shape index (κ2) is 8.83. The molecule has 0 radical (unpaired) electrons. The molecule has 0 fully saturated rings. The normalized spacial score (nSPS) is 7.22. The molecule has 0 atom stereocenters. The molecule has 0 spiro atoms. The molecule has 0 unspecified atom stereocenters. The summed E-state index contributed by atoms with van der Waals surface area (Å²) in [5, 5.41) is 0. The van der Waals surface area contributed by atoms with Gasteiger partial charge in [-0.25, -0.2) is 0 Å². The summed E-state index contributed by atoms with van der Waals surface area (Å²) in [6.07, 6.45) is 0. The van der Waals surface area contributed by atoms with Gasteiger partial charge in [0.25, 0.3) is 0 Å². The molecule has 48 valence electrons. The number of rotatable bonds is 0. The zero-order valence-corrected chi connectivity index (χ0v) is 8.62. The van der Waals surface area contributed by atoms with Crippen molar-refractivity contribution in [3.05, 3.63) is 10.4 Å². The molecule has 7 nitrogen and oxygen atoms in total. The molecule has 9 heteroatoms. The minimum absolute atomic E-state index is 0. The monoisotopic (exact) mass is 202 g/mol. The maximum absolute atomic E-state index is 8.58. The van der Waals surface area contributed by atoms with E-state index in [1.165, 1.54) is 4.97 Å². The third kappa shape index (κ3) is 603. The minimum atomic E-state index is -5.62. The van der Waals surface area contributed by atoms with E-state index in [4.69, 9.17) is 26.1 Å². The van der Waals surface area contributed by atoms with Crippen LogP contribution in [0.3, 0.4) is 0 Å². The van der Waals surface area contributed by atoms with Crippen molar-refractivity contribution in [1.82, 2.24) is 4.97 Å². The Labute approximate surface area is 93.9 Å². The van der Waals surface area contributed by atoms with Crippen molar-refractivity contribution in [1.29, 1.82) is 0 Å². The summed E-state index contributed by atoms with van der Waals surface area (Å²) >= 11 is -5.62. The van der Waals surface area contributed by atoms with Gasteiger partial charge in [-0.1, -0.05) is 0 Å². The van der Waals surface area contributed by atoms with Crippen LogP contribution in [0.25, 0.3) is 5.53 Å². The summed E-state index contributed by atoms with van der Waals surface area (Å²) < 4.78 is 34.3. The van der Waals surface area contributed by atoms with Crippen molar-refractivity contribution in [3.63, 3.8) is 0 Å². The van der Waals surface area contributed by atoms with Gasteiger partial charge in [-0.15, -0.1) is 0 Å². The SMILES string of the molecule is [K+].[N-]=[N+]=O.[O]=[Mn](=[O])(=[O])[O-]. The summed E-state index contributed by atoms with van der Waals surface area (Å²) in [5.74, 6) is 0. The fourth-order valence-corrected chi connectivity index (χ4v) is 0. The number of hydrogen-bond acceptors (Lipinski definition) is 5. The predicted octanol–water partition coefficient (Wildman–Crippen LogP) is -4.70. The van der Waals surface area contributed by atoms with Gasteiger partial charge in [-0.3, -0.25) is 5.53 Å². The Hall–Kier alpha value is 0.826. The Morgan fingerprint density at radius 2 is 1.33 bits per heavy atom. The Kier molecular flexibility index (Phi) is 16.1. The molecule has 9 heavy (non-hydrogen) atoms. The fraction of sp³-hybridized carbons (Fsp3) is 0. The molecular weight excluding hydrogens is 202 g/mol. The predicted molar refractivity (Wildman–Crippen MR) is 10.9 cm³/mol. The van der Waals surface area contributed by atoms with Gasteiger partial charge in [0.2, 0.25) is 0 Å². The van der Waals surface area contributed by atoms with Crippen molar-refractivity contribution in [2.75, 3.05) is 0 Å². The average Bonchev–Trinajstić information content (AvgIpc) is 1.27. The molecule has 0 aliphatic carbocycles. The van der Waals surface area contributed by atoms with E-state index in [0.717, 1.165) is 0 Å². The van der Waals surface area contributed by atoms with Crippen LogP contribution in [0, 0.1) is 4.91 Å². The van der Waals surface area contributed by atoms with Gasteiger partial charge in [0.15, 0.2) is 4.91 Å². The van der Waals surface area contributed by atoms with E-state index < -0.39 is 13.0 Å². The van der Waals surface area contributed by atoms with E-state index in [1.807, 2.05) is 0 Å². The molecule has 0 rings (SSSR count). The Bertz CT molecular complexity index is 198. The third-order valence-corrected chi connectivity index (χ3v) is 0. The molecule has 0 aliphatic heterocycles. The van der Waals surface area contributed by atoms with E-state index in [1.54, 1.807) is 0 Å². The van der Waals surface area contributed by atoms with Crippen LogP contribution < -0.4 is 60.5 Å². The third-order valence-electron chi connectivity index (χ3n) is 0. The first kappa shape index (κ1) is 16.4. The van der Waals surface area contributed by atoms with E-state index in [2.05, 4.69) is 0 Å². The molecule has 0 saturated carbocycles. The summed E-state index contributed by atoms with van der Waals surface area (Å²) in [4.78, 5) is 9.36. The van der Waals surface area contributed by atoms with Crippen molar-refractivity contribution in [2.45, 2.75) is 0 Å². The van der Waals surface area contributed by atoms with Gasteiger partial charge >= 0.3 is 80.0 Å². The molecule has 0 aromatic heterocycles. The van der Waals surface area contributed by atoms with Crippen LogP contribution in [0.5, 0.6) is 0 Å². The Morgan fingerprint density at radius 1 is 1.33 bits per heavy atom. The molecule has 0 saturated heterocycles. The van der Waals surface area contributed by atoms with Gasteiger partial charge < -0.3 is 0 Å². The van der Waals surface area contributed by atoms with Crippen LogP contribution in [0.2, 0.25) is 0 Å². The molecular formula is KMnN2O5. The van der Waals surface area contributed by atoms with E-state index in [-0.39, 0.29) is 51.4 Å². The number of hydrogen-bond donors (Lipinski definition) is 0. The molecule has 0 aromatic carbocycles. The first-order valence-electron chi connectivity index (χ1n) is 1.000. The van der Waals surface area contributed by atoms with Crippen molar-refractivity contribution < 1.29 is 80.0 Å². The zero-order chi connectivity index (χ0) is 7.21. The van der Waals surface area contributed by atoms with Crippen LogP contribution in [-0.4, -0.2) is 0 Å². The van der Waals surface area contributed by atoms with Crippen LogP contribution in [0.4, 0.5) is 0 Å². The summed E-state index contributed by atoms with van der Waals surface area (Å²) in [6, 6.07) is 0. The summed E-state index contributed by atoms with van der Waals surface area (Å²) in [7, 11) is 0.